The van der Waals surface area contributed by atoms with Crippen molar-refractivity contribution in [3.63, 3.8) is 0 Å². The van der Waals surface area contributed by atoms with Crippen molar-refractivity contribution in [2.45, 2.75) is 0 Å². The number of carbonyl (C=O) groups is 1. The van der Waals surface area contributed by atoms with Crippen molar-refractivity contribution in [2.24, 2.45) is 0 Å². The Kier molecular flexibility index (Phi) is 3.36. The molecule has 2 nitrogen and oxygen atoms in total. The summed E-state index contributed by atoms with van der Waals surface area (Å²) in [6.07, 6.45) is 1.92. The highest BCUT2D eigenvalue weighted by molar-refractivity contribution is 6.08. The summed E-state index contributed by atoms with van der Waals surface area (Å²) in [4.78, 5) is 11.8. The summed E-state index contributed by atoms with van der Waals surface area (Å²) in [5, 5.41) is 8.66. The number of ketones is 1. The van der Waals surface area contributed by atoms with Crippen molar-refractivity contribution in [1.82, 2.24) is 0 Å². The van der Waals surface area contributed by atoms with E-state index in [-0.39, 0.29) is 5.78 Å². The van der Waals surface area contributed by atoms with Crippen molar-refractivity contribution in [3.8, 4) is 11.1 Å². The molecule has 0 atom stereocenters. The van der Waals surface area contributed by atoms with Gasteiger partial charge in [-0.2, -0.15) is 0 Å². The molecule has 0 spiro atoms. The lowest BCUT2D eigenvalue weighted by Gasteiger charge is -2.06. The van der Waals surface area contributed by atoms with Gasteiger partial charge >= 0.3 is 0 Å². The van der Waals surface area contributed by atoms with Crippen molar-refractivity contribution >= 4 is 5.78 Å². The zero-order chi connectivity index (χ0) is 12.1. The van der Waals surface area contributed by atoms with Crippen LogP contribution in [0.3, 0.4) is 0 Å². The first-order valence-electron chi connectivity index (χ1n) is 5.32. The second-order valence-corrected chi connectivity index (χ2v) is 3.59. The Morgan fingerprint density at radius 1 is 0.941 bits per heavy atom. The number of aliphatic hydroxyl groups excluding tert-OH is 1. The minimum absolute atomic E-state index is 0.202. The Balaban J connectivity index is 2.52. The van der Waals surface area contributed by atoms with Crippen molar-refractivity contribution < 1.29 is 9.90 Å². The Morgan fingerprint density at radius 3 is 2.29 bits per heavy atom. The van der Waals surface area contributed by atoms with Crippen LogP contribution in [-0.2, 0) is 0 Å². The van der Waals surface area contributed by atoms with E-state index in [0.717, 1.165) is 23.5 Å². The van der Waals surface area contributed by atoms with E-state index in [9.17, 15) is 4.79 Å². The Hall–Kier alpha value is -2.35. The highest BCUT2D eigenvalue weighted by Gasteiger charge is 2.09. The van der Waals surface area contributed by atoms with E-state index >= 15 is 0 Å². The number of carbonyl (C=O) groups excluding carboxylic acids is 1. The topological polar surface area (TPSA) is 37.3 Å². The zero-order valence-corrected chi connectivity index (χ0v) is 9.21. The summed E-state index contributed by atoms with van der Waals surface area (Å²) in [6.45, 7) is 0. The molecule has 2 heteroatoms. The maximum absolute atomic E-state index is 11.8. The predicted octanol–water partition coefficient (Wildman–Crippen LogP) is 3.61. The fourth-order valence-electron chi connectivity index (χ4n) is 1.72. The first-order valence-corrected chi connectivity index (χ1v) is 5.32. The molecule has 0 aromatic heterocycles. The lowest BCUT2D eigenvalue weighted by molar-refractivity contribution is 0.104. The summed E-state index contributed by atoms with van der Waals surface area (Å²) >= 11 is 0. The van der Waals surface area contributed by atoms with Crippen molar-refractivity contribution in [1.29, 1.82) is 0 Å². The van der Waals surface area contributed by atoms with Gasteiger partial charge in [0.05, 0.1) is 6.26 Å². The average Bonchev–Trinajstić information content (AvgIpc) is 2.40. The monoisotopic (exact) mass is 224 g/mol. The smallest absolute Gasteiger partial charge is 0.189 e. The maximum Gasteiger partial charge on any atom is 0.189 e. The highest BCUT2D eigenvalue weighted by atomic mass is 16.2. The van der Waals surface area contributed by atoms with Crippen LogP contribution in [0.2, 0.25) is 0 Å². The lowest BCUT2D eigenvalue weighted by atomic mass is 9.97. The predicted molar refractivity (Wildman–Crippen MR) is 68.0 cm³/mol. The van der Waals surface area contributed by atoms with Gasteiger partial charge < -0.3 is 5.11 Å². The Morgan fingerprint density at radius 2 is 1.59 bits per heavy atom. The van der Waals surface area contributed by atoms with Crippen LogP contribution in [0.25, 0.3) is 11.1 Å². The molecular weight excluding hydrogens is 212 g/mol. The van der Waals surface area contributed by atoms with Gasteiger partial charge in [-0.1, -0.05) is 54.6 Å². The number of benzene rings is 2. The van der Waals surface area contributed by atoms with Crippen LogP contribution in [0.5, 0.6) is 0 Å². The molecule has 84 valence electrons. The summed E-state index contributed by atoms with van der Waals surface area (Å²) in [7, 11) is 0. The molecule has 1 N–H and O–H groups in total. The van der Waals surface area contributed by atoms with Gasteiger partial charge in [-0.3, -0.25) is 4.79 Å². The first kappa shape index (κ1) is 11.1. The SMILES string of the molecule is O=C(/C=C\O)c1ccccc1-c1ccccc1. The molecule has 0 aliphatic carbocycles. The number of allylic oxidation sites excluding steroid dienone is 1. The summed E-state index contributed by atoms with van der Waals surface area (Å²) in [6, 6.07) is 17.0. The van der Waals surface area contributed by atoms with Gasteiger partial charge in [-0.15, -0.1) is 0 Å². The van der Waals surface area contributed by atoms with E-state index in [1.54, 1.807) is 6.07 Å². The normalized spacial score (nSPS) is 10.6. The molecule has 2 rings (SSSR count). The quantitative estimate of drug-likeness (QED) is 0.491. The van der Waals surface area contributed by atoms with Crippen LogP contribution >= 0.6 is 0 Å². The van der Waals surface area contributed by atoms with Crippen molar-refractivity contribution in [3.05, 3.63) is 72.5 Å². The largest absolute Gasteiger partial charge is 0.515 e. The van der Waals surface area contributed by atoms with E-state index in [4.69, 9.17) is 5.11 Å². The fraction of sp³-hybridized carbons (Fsp3) is 0. The minimum atomic E-state index is -0.202. The van der Waals surface area contributed by atoms with E-state index < -0.39 is 0 Å². The Bertz CT molecular complexity index is 542. The summed E-state index contributed by atoms with van der Waals surface area (Å²) in [5.41, 5.74) is 2.45. The van der Waals surface area contributed by atoms with Crippen LogP contribution in [0.15, 0.2) is 66.9 Å². The molecule has 0 unspecified atom stereocenters. The lowest BCUT2D eigenvalue weighted by Crippen LogP contribution is -1.97. The molecule has 2 aromatic rings. The van der Waals surface area contributed by atoms with Gasteiger partial charge in [0.1, 0.15) is 0 Å². The average molecular weight is 224 g/mol. The number of hydrogen-bond acceptors (Lipinski definition) is 2. The second-order valence-electron chi connectivity index (χ2n) is 3.59. The van der Waals surface area contributed by atoms with Crippen LogP contribution in [-0.4, -0.2) is 10.9 Å². The third-order valence-electron chi connectivity index (χ3n) is 2.50. The number of aliphatic hydroxyl groups is 1. The van der Waals surface area contributed by atoms with Crippen LogP contribution < -0.4 is 0 Å². The van der Waals surface area contributed by atoms with Gasteiger partial charge in [-0.25, -0.2) is 0 Å². The second kappa shape index (κ2) is 5.12. The van der Waals surface area contributed by atoms with Crippen molar-refractivity contribution in [2.75, 3.05) is 0 Å². The molecule has 0 fully saturated rings. The molecule has 17 heavy (non-hydrogen) atoms. The zero-order valence-electron chi connectivity index (χ0n) is 9.21. The first-order chi connectivity index (χ1) is 8.33. The number of rotatable bonds is 3. The summed E-state index contributed by atoms with van der Waals surface area (Å²) < 4.78 is 0. The Labute approximate surface area is 99.8 Å². The molecule has 2 aromatic carbocycles. The minimum Gasteiger partial charge on any atom is -0.515 e. The van der Waals surface area contributed by atoms with Gasteiger partial charge in [0.15, 0.2) is 5.78 Å². The van der Waals surface area contributed by atoms with Crippen LogP contribution in [0.1, 0.15) is 10.4 Å². The van der Waals surface area contributed by atoms with Gasteiger partial charge in [0.2, 0.25) is 0 Å². The molecule has 0 saturated carbocycles. The molecule has 0 radical (unpaired) electrons. The van der Waals surface area contributed by atoms with E-state index in [1.165, 1.54) is 0 Å². The number of hydrogen-bond donors (Lipinski definition) is 1. The van der Waals surface area contributed by atoms with E-state index in [1.807, 2.05) is 48.5 Å². The van der Waals surface area contributed by atoms with Crippen LogP contribution in [0.4, 0.5) is 0 Å². The highest BCUT2D eigenvalue weighted by Crippen LogP contribution is 2.23. The molecular formula is C15H12O2. The van der Waals surface area contributed by atoms with E-state index in [2.05, 4.69) is 0 Å². The molecule has 0 aliphatic heterocycles. The molecule has 0 heterocycles. The molecule has 0 saturated heterocycles. The van der Waals surface area contributed by atoms with E-state index in [0.29, 0.717) is 5.56 Å². The third-order valence-corrected chi connectivity index (χ3v) is 2.50. The fourth-order valence-corrected chi connectivity index (χ4v) is 1.72. The maximum atomic E-state index is 11.8. The van der Waals surface area contributed by atoms with Gasteiger partial charge in [0.25, 0.3) is 0 Å². The molecule has 0 bridgehead atoms. The standard InChI is InChI=1S/C15H12O2/c16-11-10-15(17)14-9-5-4-8-13(14)12-6-2-1-3-7-12/h1-11,16H/b11-10-. The molecule has 0 aliphatic rings. The third kappa shape index (κ3) is 2.42. The van der Waals surface area contributed by atoms with Crippen LogP contribution in [0, 0.1) is 0 Å². The summed E-state index contributed by atoms with van der Waals surface area (Å²) in [5.74, 6) is -0.202. The van der Waals surface area contributed by atoms with Gasteiger partial charge in [-0.05, 0) is 11.1 Å². The van der Waals surface area contributed by atoms with Gasteiger partial charge in [0, 0.05) is 11.6 Å². The molecule has 0 amide bonds.